The van der Waals surface area contributed by atoms with Crippen molar-refractivity contribution < 1.29 is 0 Å². The maximum Gasteiger partial charge on any atom is 0.0708 e. The number of rotatable bonds is 8. The maximum absolute atomic E-state index is 4.73. The van der Waals surface area contributed by atoms with Crippen LogP contribution < -0.4 is 4.90 Å². The molecule has 4 heteroatoms. The lowest BCUT2D eigenvalue weighted by Crippen LogP contribution is -2.44. The first kappa shape index (κ1) is 29.8. The lowest BCUT2D eigenvalue weighted by atomic mass is 9.98. The van der Waals surface area contributed by atoms with E-state index in [4.69, 9.17) is 9.97 Å². The number of aryl methyl sites for hydroxylation is 4. The van der Waals surface area contributed by atoms with Crippen molar-refractivity contribution in [3.05, 3.63) is 136 Å². The molecule has 1 aliphatic rings. The van der Waals surface area contributed by atoms with Crippen molar-refractivity contribution in [2.45, 2.75) is 66.6 Å². The van der Waals surface area contributed by atoms with Gasteiger partial charge in [0.05, 0.1) is 11.4 Å². The highest BCUT2D eigenvalue weighted by Crippen LogP contribution is 2.29. The first-order chi connectivity index (χ1) is 21.3. The number of aromatic nitrogens is 2. The maximum atomic E-state index is 4.73. The van der Waals surface area contributed by atoms with Gasteiger partial charge in [0.2, 0.25) is 0 Å². The van der Waals surface area contributed by atoms with E-state index in [9.17, 15) is 0 Å². The van der Waals surface area contributed by atoms with Crippen molar-refractivity contribution in [3.63, 3.8) is 0 Å². The Labute approximate surface area is 263 Å². The molecule has 44 heavy (non-hydrogen) atoms. The molecule has 5 aromatic rings. The summed E-state index contributed by atoms with van der Waals surface area (Å²) in [5.41, 5.74) is 15.0. The van der Waals surface area contributed by atoms with Crippen molar-refractivity contribution in [1.29, 1.82) is 0 Å². The van der Waals surface area contributed by atoms with Crippen LogP contribution in [-0.4, -0.2) is 34.0 Å². The summed E-state index contributed by atoms with van der Waals surface area (Å²) in [5.74, 6) is 0. The summed E-state index contributed by atoms with van der Waals surface area (Å²) in [6, 6.07) is 31.5. The number of piperidine rings is 1. The quantitative estimate of drug-likeness (QED) is 0.183. The molecule has 3 heterocycles. The van der Waals surface area contributed by atoms with E-state index in [1.54, 1.807) is 0 Å². The molecule has 0 spiro atoms. The second kappa shape index (κ2) is 13.2. The second-order valence-electron chi connectivity index (χ2n) is 12.6. The van der Waals surface area contributed by atoms with Gasteiger partial charge in [0.25, 0.3) is 0 Å². The Hall–Kier alpha value is -4.28. The van der Waals surface area contributed by atoms with E-state index in [0.29, 0.717) is 6.04 Å². The Kier molecular flexibility index (Phi) is 8.90. The van der Waals surface area contributed by atoms with Crippen LogP contribution in [0.3, 0.4) is 0 Å². The Bertz CT molecular complexity index is 1710. The van der Waals surface area contributed by atoms with Crippen LogP contribution in [0.4, 0.5) is 5.69 Å². The van der Waals surface area contributed by atoms with Crippen LogP contribution in [0.5, 0.6) is 0 Å². The van der Waals surface area contributed by atoms with Crippen molar-refractivity contribution >= 4 is 5.69 Å². The third-order valence-electron chi connectivity index (χ3n) is 9.42. The highest BCUT2D eigenvalue weighted by molar-refractivity contribution is 5.64. The Morgan fingerprint density at radius 2 is 1.32 bits per heavy atom. The number of likely N-dealkylation sites (tertiary alicyclic amines) is 1. The van der Waals surface area contributed by atoms with Gasteiger partial charge in [-0.1, -0.05) is 42.0 Å². The largest absolute Gasteiger partial charge is 0.364 e. The molecule has 6 rings (SSSR count). The number of hydrogen-bond acceptors (Lipinski definition) is 4. The molecule has 0 N–H and O–H groups in total. The van der Waals surface area contributed by atoms with Gasteiger partial charge in [-0.2, -0.15) is 0 Å². The predicted octanol–water partition coefficient (Wildman–Crippen LogP) is 9.02. The fourth-order valence-electron chi connectivity index (χ4n) is 6.51. The third kappa shape index (κ3) is 6.76. The monoisotopic (exact) mass is 580 g/mol. The molecule has 2 aromatic heterocycles. The topological polar surface area (TPSA) is 32.3 Å². The molecule has 0 bridgehead atoms. The Morgan fingerprint density at radius 3 is 2.02 bits per heavy atom. The normalized spacial score (nSPS) is 14.1. The highest BCUT2D eigenvalue weighted by atomic mass is 15.2. The minimum absolute atomic E-state index is 0.482. The average molecular weight is 581 g/mol. The van der Waals surface area contributed by atoms with E-state index in [1.165, 1.54) is 55.8 Å². The summed E-state index contributed by atoms with van der Waals surface area (Å²) >= 11 is 0. The molecular formula is C40H44N4. The molecular weight excluding hydrogens is 536 g/mol. The van der Waals surface area contributed by atoms with E-state index < -0.39 is 0 Å². The minimum Gasteiger partial charge on any atom is -0.364 e. The van der Waals surface area contributed by atoms with E-state index >= 15 is 0 Å². The van der Waals surface area contributed by atoms with Crippen LogP contribution in [0.25, 0.3) is 22.5 Å². The van der Waals surface area contributed by atoms with Gasteiger partial charge < -0.3 is 4.90 Å². The molecule has 1 aliphatic heterocycles. The van der Waals surface area contributed by atoms with Crippen LogP contribution >= 0.6 is 0 Å². The van der Waals surface area contributed by atoms with Crippen molar-refractivity contribution in [2.24, 2.45) is 0 Å². The van der Waals surface area contributed by atoms with Crippen LogP contribution in [0, 0.1) is 34.6 Å². The standard InChI is InChI=1S/C40H44N4/c1-28-10-12-36(13-11-28)44(27-34-15-19-42-40(25-34)38-9-7-6-8-29(38)2)37-16-20-43(21-17-37)26-33-14-18-41-39(24-33)35-22-30(3)32(5)31(4)23-35/h6-15,18-19,22-25,37H,16-17,20-21,26-27H2,1-5H3. The van der Waals surface area contributed by atoms with Crippen LogP contribution in [0.1, 0.15) is 51.8 Å². The van der Waals surface area contributed by atoms with Gasteiger partial charge in [0.15, 0.2) is 0 Å². The number of nitrogens with zero attached hydrogens (tertiary/aromatic N) is 4. The smallest absolute Gasteiger partial charge is 0.0708 e. The summed E-state index contributed by atoms with van der Waals surface area (Å²) in [6.07, 6.45) is 6.21. The average Bonchev–Trinajstić information content (AvgIpc) is 3.04. The van der Waals surface area contributed by atoms with Gasteiger partial charge in [-0.25, -0.2) is 0 Å². The fraction of sp³-hybridized carbons (Fsp3) is 0.300. The highest BCUT2D eigenvalue weighted by Gasteiger charge is 2.25. The third-order valence-corrected chi connectivity index (χ3v) is 9.42. The van der Waals surface area contributed by atoms with Gasteiger partial charge in [-0.15, -0.1) is 0 Å². The van der Waals surface area contributed by atoms with Crippen molar-refractivity contribution in [2.75, 3.05) is 18.0 Å². The molecule has 0 radical (unpaired) electrons. The van der Waals surface area contributed by atoms with E-state index in [-0.39, 0.29) is 0 Å². The van der Waals surface area contributed by atoms with Gasteiger partial charge in [0.1, 0.15) is 0 Å². The molecule has 4 nitrogen and oxygen atoms in total. The first-order valence-electron chi connectivity index (χ1n) is 15.9. The summed E-state index contributed by atoms with van der Waals surface area (Å²) in [4.78, 5) is 14.7. The summed E-state index contributed by atoms with van der Waals surface area (Å²) in [6.45, 7) is 14.9. The lowest BCUT2D eigenvalue weighted by molar-refractivity contribution is 0.201. The fourth-order valence-corrected chi connectivity index (χ4v) is 6.51. The molecule has 3 aromatic carbocycles. The van der Waals surface area contributed by atoms with Crippen molar-refractivity contribution in [1.82, 2.24) is 14.9 Å². The minimum atomic E-state index is 0.482. The van der Waals surface area contributed by atoms with Crippen LogP contribution in [0.15, 0.2) is 97.3 Å². The zero-order valence-electron chi connectivity index (χ0n) is 26.8. The van der Waals surface area contributed by atoms with E-state index in [0.717, 1.165) is 50.4 Å². The van der Waals surface area contributed by atoms with Gasteiger partial charge in [-0.3, -0.25) is 14.9 Å². The summed E-state index contributed by atoms with van der Waals surface area (Å²) < 4.78 is 0. The number of pyridine rings is 2. The zero-order chi connectivity index (χ0) is 30.6. The Balaban J connectivity index is 1.17. The molecule has 0 aliphatic carbocycles. The molecule has 224 valence electrons. The number of benzene rings is 3. The molecule has 0 unspecified atom stereocenters. The number of hydrogen-bond donors (Lipinski definition) is 0. The van der Waals surface area contributed by atoms with Gasteiger partial charge >= 0.3 is 0 Å². The molecule has 0 amide bonds. The molecule has 1 fully saturated rings. The zero-order valence-corrected chi connectivity index (χ0v) is 26.8. The van der Waals surface area contributed by atoms with Crippen molar-refractivity contribution in [3.8, 4) is 22.5 Å². The van der Waals surface area contributed by atoms with Gasteiger partial charge in [-0.05, 0) is 129 Å². The molecule has 1 saturated heterocycles. The molecule has 0 saturated carbocycles. The van der Waals surface area contributed by atoms with Gasteiger partial charge in [0, 0.05) is 61.4 Å². The number of anilines is 1. The molecule has 0 atom stereocenters. The SMILES string of the molecule is Cc1ccc(N(Cc2ccnc(-c3ccccc3C)c2)C2CCN(Cc3ccnc(-c4cc(C)c(C)c(C)c4)c3)CC2)cc1. The Morgan fingerprint density at radius 1 is 0.682 bits per heavy atom. The summed E-state index contributed by atoms with van der Waals surface area (Å²) in [7, 11) is 0. The second-order valence-corrected chi connectivity index (χ2v) is 12.6. The lowest BCUT2D eigenvalue weighted by Gasteiger charge is -2.40. The van der Waals surface area contributed by atoms with E-state index in [1.807, 2.05) is 12.4 Å². The first-order valence-corrected chi connectivity index (χ1v) is 15.9. The van der Waals surface area contributed by atoms with E-state index in [2.05, 4.69) is 129 Å². The van der Waals surface area contributed by atoms with Crippen LogP contribution in [0.2, 0.25) is 0 Å². The van der Waals surface area contributed by atoms with Crippen LogP contribution in [-0.2, 0) is 13.1 Å². The summed E-state index contributed by atoms with van der Waals surface area (Å²) in [5, 5.41) is 0. The predicted molar refractivity (Wildman–Crippen MR) is 184 cm³/mol.